The van der Waals surface area contributed by atoms with Crippen molar-refractivity contribution < 1.29 is 8.42 Å². The smallest absolute Gasteiger partial charge is 0.244 e. The topological polar surface area (TPSA) is 101 Å². The van der Waals surface area contributed by atoms with Gasteiger partial charge in [0.15, 0.2) is 0 Å². The molecule has 0 atom stereocenters. The van der Waals surface area contributed by atoms with Gasteiger partial charge in [-0.05, 0) is 23.8 Å². The fraction of sp³-hybridized carbons (Fsp3) is 0.100. The average molecular weight is 252 g/mol. The minimum Gasteiger partial charge on any atom is -0.383 e. The van der Waals surface area contributed by atoms with Crippen LogP contribution in [0.4, 0.5) is 5.82 Å². The Hall–Kier alpha value is -1.86. The largest absolute Gasteiger partial charge is 0.383 e. The van der Waals surface area contributed by atoms with Crippen molar-refractivity contribution >= 4 is 15.8 Å². The van der Waals surface area contributed by atoms with Crippen LogP contribution in [0.25, 0.3) is 0 Å². The van der Waals surface area contributed by atoms with Crippen molar-refractivity contribution in [3.05, 3.63) is 42.4 Å². The maximum Gasteiger partial charge on any atom is 0.244 e. The van der Waals surface area contributed by atoms with Gasteiger partial charge in [0.1, 0.15) is 10.7 Å². The Kier molecular flexibility index (Phi) is 3.12. The Morgan fingerprint density at radius 3 is 2.88 bits per heavy atom. The molecule has 6 nitrogen and oxygen atoms in total. The van der Waals surface area contributed by atoms with E-state index in [2.05, 4.69) is 14.7 Å². The molecule has 0 bridgehead atoms. The number of nitrogen functional groups attached to an aromatic ring is 1. The molecule has 0 aliphatic heterocycles. The highest BCUT2D eigenvalue weighted by molar-refractivity contribution is 7.89. The van der Waals surface area contributed by atoms with Gasteiger partial charge in [0, 0.05) is 25.1 Å². The molecule has 2 aromatic rings. The van der Waals surface area contributed by atoms with E-state index in [-0.39, 0.29) is 17.3 Å². The van der Waals surface area contributed by atoms with Gasteiger partial charge in [-0.25, -0.2) is 18.1 Å². The molecule has 0 saturated carbocycles. The van der Waals surface area contributed by atoms with Crippen molar-refractivity contribution in [3.63, 3.8) is 0 Å². The average Bonchev–Trinajstić information content (AvgIpc) is 2.80. The van der Waals surface area contributed by atoms with Gasteiger partial charge in [0.2, 0.25) is 10.0 Å². The summed E-state index contributed by atoms with van der Waals surface area (Å²) < 4.78 is 26.3. The summed E-state index contributed by atoms with van der Waals surface area (Å²) in [4.78, 5) is 6.58. The van der Waals surface area contributed by atoms with E-state index in [0.29, 0.717) is 0 Å². The van der Waals surface area contributed by atoms with E-state index < -0.39 is 10.0 Å². The predicted molar refractivity (Wildman–Crippen MR) is 63.5 cm³/mol. The lowest BCUT2D eigenvalue weighted by Gasteiger charge is -2.07. The monoisotopic (exact) mass is 252 g/mol. The number of H-pyrrole nitrogens is 1. The molecule has 2 heterocycles. The lowest BCUT2D eigenvalue weighted by atomic mass is 10.4. The highest BCUT2D eigenvalue weighted by Crippen LogP contribution is 2.14. The molecule has 0 fully saturated rings. The van der Waals surface area contributed by atoms with Gasteiger partial charge in [-0.15, -0.1) is 0 Å². The summed E-state index contributed by atoms with van der Waals surface area (Å²) in [5.74, 6) is -0.00549. The molecule has 0 aromatic carbocycles. The zero-order valence-electron chi connectivity index (χ0n) is 8.92. The maximum absolute atomic E-state index is 11.9. The van der Waals surface area contributed by atoms with E-state index in [9.17, 15) is 8.42 Å². The quantitative estimate of drug-likeness (QED) is 0.736. The van der Waals surface area contributed by atoms with E-state index >= 15 is 0 Å². The molecule has 7 heteroatoms. The Morgan fingerprint density at radius 2 is 2.24 bits per heavy atom. The molecule has 4 N–H and O–H groups in total. The van der Waals surface area contributed by atoms with Gasteiger partial charge in [-0.2, -0.15) is 0 Å². The van der Waals surface area contributed by atoms with Crippen LogP contribution in [0.15, 0.2) is 41.7 Å². The number of hydrogen-bond acceptors (Lipinski definition) is 4. The summed E-state index contributed by atoms with van der Waals surface area (Å²) in [6.45, 7) is 0.208. The molecular weight excluding hydrogens is 240 g/mol. The Balaban J connectivity index is 2.17. The molecule has 90 valence electrons. The summed E-state index contributed by atoms with van der Waals surface area (Å²) in [5, 5.41) is 0. The van der Waals surface area contributed by atoms with Crippen LogP contribution < -0.4 is 10.5 Å². The number of nitrogens with zero attached hydrogens (tertiary/aromatic N) is 1. The first-order valence-electron chi connectivity index (χ1n) is 4.91. The molecular formula is C10H12N4O2S. The number of sulfonamides is 1. The summed E-state index contributed by atoms with van der Waals surface area (Å²) in [6.07, 6.45) is 4.89. The van der Waals surface area contributed by atoms with Crippen LogP contribution in [0.3, 0.4) is 0 Å². The minimum absolute atomic E-state index is 0.00413. The Bertz CT molecular complexity index is 593. The lowest BCUT2D eigenvalue weighted by molar-refractivity contribution is 0.581. The molecule has 2 aromatic heterocycles. The predicted octanol–water partition coefficient (Wildman–Crippen LogP) is 0.470. The van der Waals surface area contributed by atoms with Crippen LogP contribution in [0, 0.1) is 0 Å². The van der Waals surface area contributed by atoms with Gasteiger partial charge in [-0.1, -0.05) is 0 Å². The number of aromatic nitrogens is 2. The molecule has 0 aliphatic rings. The number of anilines is 1. The fourth-order valence-electron chi connectivity index (χ4n) is 1.35. The molecule has 0 unspecified atom stereocenters. The van der Waals surface area contributed by atoms with Crippen molar-refractivity contribution in [2.45, 2.75) is 11.4 Å². The fourth-order valence-corrected chi connectivity index (χ4v) is 2.45. The number of hydrogen-bond donors (Lipinski definition) is 3. The highest BCUT2D eigenvalue weighted by Gasteiger charge is 2.17. The summed E-state index contributed by atoms with van der Waals surface area (Å²) in [5.41, 5.74) is 6.36. The Morgan fingerprint density at radius 1 is 1.41 bits per heavy atom. The zero-order valence-corrected chi connectivity index (χ0v) is 9.74. The van der Waals surface area contributed by atoms with Crippen LogP contribution in [0.2, 0.25) is 0 Å². The zero-order chi connectivity index (χ0) is 12.3. The number of nitrogens with one attached hydrogen (secondary N) is 2. The van der Waals surface area contributed by atoms with Crippen LogP contribution >= 0.6 is 0 Å². The van der Waals surface area contributed by atoms with Gasteiger partial charge < -0.3 is 10.7 Å². The molecule has 0 amide bonds. The third-order valence-electron chi connectivity index (χ3n) is 2.22. The van der Waals surface area contributed by atoms with Crippen molar-refractivity contribution in [1.29, 1.82) is 0 Å². The molecule has 2 rings (SSSR count). The second-order valence-corrected chi connectivity index (χ2v) is 5.17. The normalized spacial score (nSPS) is 11.5. The van der Waals surface area contributed by atoms with Crippen LogP contribution in [-0.2, 0) is 16.6 Å². The molecule has 0 radical (unpaired) electrons. The van der Waals surface area contributed by atoms with Crippen LogP contribution in [0.5, 0.6) is 0 Å². The lowest BCUT2D eigenvalue weighted by Crippen LogP contribution is -2.24. The third-order valence-corrected chi connectivity index (χ3v) is 3.67. The second kappa shape index (κ2) is 4.56. The van der Waals surface area contributed by atoms with Crippen molar-refractivity contribution in [2.75, 3.05) is 5.73 Å². The van der Waals surface area contributed by atoms with Crippen molar-refractivity contribution in [3.8, 4) is 0 Å². The SMILES string of the molecule is Nc1ncccc1S(=O)(=O)NCc1cc[nH]c1. The number of pyridine rings is 1. The third kappa shape index (κ3) is 2.63. The highest BCUT2D eigenvalue weighted by atomic mass is 32.2. The van der Waals surface area contributed by atoms with Crippen molar-refractivity contribution in [1.82, 2.24) is 14.7 Å². The van der Waals surface area contributed by atoms with Gasteiger partial charge in [0.05, 0.1) is 0 Å². The standard InChI is InChI=1S/C10H12N4O2S/c11-10-9(2-1-4-13-10)17(15,16)14-7-8-3-5-12-6-8/h1-6,12,14H,7H2,(H2,11,13). The van der Waals surface area contributed by atoms with E-state index in [1.807, 2.05) is 0 Å². The molecule has 17 heavy (non-hydrogen) atoms. The first-order chi connectivity index (χ1) is 8.09. The van der Waals surface area contributed by atoms with Crippen molar-refractivity contribution in [2.24, 2.45) is 0 Å². The minimum atomic E-state index is -3.62. The first kappa shape index (κ1) is 11.6. The molecule has 0 aliphatic carbocycles. The number of nitrogens with two attached hydrogens (primary N) is 1. The first-order valence-corrected chi connectivity index (χ1v) is 6.40. The van der Waals surface area contributed by atoms with E-state index in [1.54, 1.807) is 18.5 Å². The summed E-state index contributed by atoms with van der Waals surface area (Å²) in [6, 6.07) is 4.73. The van der Waals surface area contributed by atoms with Crippen LogP contribution in [-0.4, -0.2) is 18.4 Å². The summed E-state index contributed by atoms with van der Waals surface area (Å²) in [7, 11) is -3.62. The Labute approximate surface area is 98.9 Å². The van der Waals surface area contributed by atoms with E-state index in [0.717, 1.165) is 5.56 Å². The van der Waals surface area contributed by atoms with E-state index in [4.69, 9.17) is 5.73 Å². The van der Waals surface area contributed by atoms with Gasteiger partial charge in [0.25, 0.3) is 0 Å². The van der Waals surface area contributed by atoms with Gasteiger partial charge >= 0.3 is 0 Å². The second-order valence-electron chi connectivity index (χ2n) is 3.43. The van der Waals surface area contributed by atoms with Gasteiger partial charge in [-0.3, -0.25) is 0 Å². The molecule has 0 spiro atoms. The van der Waals surface area contributed by atoms with Crippen LogP contribution in [0.1, 0.15) is 5.56 Å². The number of rotatable bonds is 4. The summed E-state index contributed by atoms with van der Waals surface area (Å²) >= 11 is 0. The van der Waals surface area contributed by atoms with E-state index in [1.165, 1.54) is 18.3 Å². The maximum atomic E-state index is 11.9. The molecule has 0 saturated heterocycles. The number of aromatic amines is 1.